The Morgan fingerprint density at radius 2 is 0.938 bits per heavy atom. The van der Waals surface area contributed by atoms with Gasteiger partial charge in [0.05, 0.1) is 9.97 Å². The number of nitrogens with one attached hydrogen (secondary N) is 1. The Morgan fingerprint density at radius 1 is 0.562 bits per heavy atom. The molecule has 5 rings (SSSR count). The summed E-state index contributed by atoms with van der Waals surface area (Å²) in [6.45, 7) is 0. The van der Waals surface area contributed by atoms with Gasteiger partial charge in [0.2, 0.25) is 5.72 Å². The van der Waals surface area contributed by atoms with Crippen LogP contribution < -0.4 is 5.32 Å². The molecule has 1 aliphatic rings. The van der Waals surface area contributed by atoms with E-state index < -0.39 is 11.3 Å². The van der Waals surface area contributed by atoms with Crippen LogP contribution in [0.3, 0.4) is 0 Å². The number of benzene rings is 4. The molecule has 2 nitrogen and oxygen atoms in total. The number of allylic oxidation sites excluding steroid dienone is 1. The SMILES string of the molecule is ICC1=CC(c2ccccc2)(c2ccccc2)NC(c2ccccc2)(c2ccccc2)O1. The topological polar surface area (TPSA) is 21.3 Å². The first-order chi connectivity index (χ1) is 15.8. The second-order valence-corrected chi connectivity index (χ2v) is 8.69. The first-order valence-corrected chi connectivity index (χ1v) is 12.3. The second-order valence-electron chi connectivity index (χ2n) is 7.92. The van der Waals surface area contributed by atoms with Crippen molar-refractivity contribution < 1.29 is 4.74 Å². The van der Waals surface area contributed by atoms with Gasteiger partial charge in [0.1, 0.15) is 5.76 Å². The summed E-state index contributed by atoms with van der Waals surface area (Å²) in [7, 11) is 0. The summed E-state index contributed by atoms with van der Waals surface area (Å²) < 4.78 is 7.60. The number of ether oxygens (including phenoxy) is 1. The normalized spacial score (nSPS) is 16.6. The molecule has 0 aliphatic carbocycles. The van der Waals surface area contributed by atoms with Crippen LogP contribution in [-0.2, 0) is 16.0 Å². The predicted molar refractivity (Wildman–Crippen MR) is 139 cm³/mol. The summed E-state index contributed by atoms with van der Waals surface area (Å²) in [6, 6.07) is 42.2. The van der Waals surface area contributed by atoms with Gasteiger partial charge in [-0.05, 0) is 17.2 Å². The van der Waals surface area contributed by atoms with Crippen LogP contribution in [0.15, 0.2) is 133 Å². The molecule has 158 valence electrons. The maximum absolute atomic E-state index is 6.84. The highest BCUT2D eigenvalue weighted by atomic mass is 127. The molecule has 4 aromatic rings. The molecule has 0 radical (unpaired) electrons. The van der Waals surface area contributed by atoms with E-state index in [0.717, 1.165) is 21.3 Å². The predicted octanol–water partition coefficient (Wildman–Crippen LogP) is 6.77. The molecule has 0 bridgehead atoms. The van der Waals surface area contributed by atoms with Crippen molar-refractivity contribution in [3.05, 3.63) is 155 Å². The third-order valence-electron chi connectivity index (χ3n) is 5.99. The van der Waals surface area contributed by atoms with Crippen molar-refractivity contribution in [3.8, 4) is 0 Å². The van der Waals surface area contributed by atoms with Crippen molar-refractivity contribution in [3.63, 3.8) is 0 Å². The summed E-state index contributed by atoms with van der Waals surface area (Å²) in [5.74, 6) is 0.949. The lowest BCUT2D eigenvalue weighted by Gasteiger charge is -2.49. The minimum Gasteiger partial charge on any atom is -0.468 e. The van der Waals surface area contributed by atoms with Crippen LogP contribution in [0.1, 0.15) is 22.3 Å². The van der Waals surface area contributed by atoms with Crippen molar-refractivity contribution in [2.45, 2.75) is 11.3 Å². The number of halogens is 1. The van der Waals surface area contributed by atoms with E-state index in [1.54, 1.807) is 0 Å². The highest BCUT2D eigenvalue weighted by molar-refractivity contribution is 14.1. The fraction of sp³-hybridized carbons (Fsp3) is 0.103. The Kier molecular flexibility index (Phi) is 5.85. The van der Waals surface area contributed by atoms with Crippen molar-refractivity contribution >= 4 is 22.6 Å². The van der Waals surface area contributed by atoms with Crippen LogP contribution in [0, 0.1) is 0 Å². The van der Waals surface area contributed by atoms with Gasteiger partial charge in [-0.3, -0.25) is 5.32 Å². The van der Waals surface area contributed by atoms with Gasteiger partial charge in [-0.25, -0.2) is 0 Å². The van der Waals surface area contributed by atoms with Gasteiger partial charge in [0.25, 0.3) is 0 Å². The van der Waals surface area contributed by atoms with Crippen LogP contribution in [0.25, 0.3) is 0 Å². The van der Waals surface area contributed by atoms with Gasteiger partial charge in [-0.1, -0.05) is 144 Å². The summed E-state index contributed by atoms with van der Waals surface area (Å²) in [4.78, 5) is 0. The molecule has 1 heterocycles. The molecule has 4 aromatic carbocycles. The van der Waals surface area contributed by atoms with E-state index in [0.29, 0.717) is 0 Å². The molecule has 1 aliphatic heterocycles. The monoisotopic (exact) mass is 529 g/mol. The summed E-state index contributed by atoms with van der Waals surface area (Å²) >= 11 is 2.40. The Morgan fingerprint density at radius 3 is 1.31 bits per heavy atom. The highest BCUT2D eigenvalue weighted by Crippen LogP contribution is 2.45. The average molecular weight is 529 g/mol. The van der Waals surface area contributed by atoms with Gasteiger partial charge in [-0.15, -0.1) is 0 Å². The van der Waals surface area contributed by atoms with E-state index in [-0.39, 0.29) is 0 Å². The summed E-state index contributed by atoms with van der Waals surface area (Å²) in [5, 5.41) is 4.01. The zero-order chi connectivity index (χ0) is 21.9. The minimum atomic E-state index is -0.844. The number of hydrogen-bond donors (Lipinski definition) is 1. The Bertz CT molecular complexity index is 1110. The molecule has 0 aromatic heterocycles. The van der Waals surface area contributed by atoms with Crippen molar-refractivity contribution in [2.75, 3.05) is 4.43 Å². The van der Waals surface area contributed by atoms with Gasteiger partial charge in [0.15, 0.2) is 0 Å². The zero-order valence-electron chi connectivity index (χ0n) is 17.6. The van der Waals surface area contributed by atoms with Crippen molar-refractivity contribution in [1.82, 2.24) is 5.32 Å². The maximum atomic E-state index is 6.84. The number of alkyl halides is 1. The third-order valence-corrected chi connectivity index (χ3v) is 6.74. The molecule has 0 unspecified atom stereocenters. The van der Waals surface area contributed by atoms with E-state index in [9.17, 15) is 0 Å². The maximum Gasteiger partial charge on any atom is 0.214 e. The second kappa shape index (κ2) is 8.93. The van der Waals surface area contributed by atoms with Crippen LogP contribution in [-0.4, -0.2) is 4.43 Å². The number of rotatable bonds is 5. The Hall–Kier alpha value is -2.89. The Balaban J connectivity index is 1.83. The van der Waals surface area contributed by atoms with Crippen molar-refractivity contribution in [1.29, 1.82) is 0 Å². The smallest absolute Gasteiger partial charge is 0.214 e. The van der Waals surface area contributed by atoms with Gasteiger partial charge in [0, 0.05) is 11.1 Å². The van der Waals surface area contributed by atoms with E-state index >= 15 is 0 Å². The molecule has 0 saturated heterocycles. The lowest BCUT2D eigenvalue weighted by atomic mass is 9.78. The van der Waals surface area contributed by atoms with E-state index in [1.165, 1.54) is 11.1 Å². The molecule has 0 fully saturated rings. The molecule has 0 saturated carbocycles. The fourth-order valence-electron chi connectivity index (χ4n) is 4.53. The summed E-state index contributed by atoms with van der Waals surface area (Å²) in [5.41, 5.74) is 3.08. The van der Waals surface area contributed by atoms with E-state index in [4.69, 9.17) is 4.74 Å². The molecule has 3 heteroatoms. The van der Waals surface area contributed by atoms with E-state index in [1.807, 2.05) is 12.1 Å². The molecule has 32 heavy (non-hydrogen) atoms. The lowest BCUT2D eigenvalue weighted by molar-refractivity contribution is -0.0292. The van der Waals surface area contributed by atoms with Crippen LogP contribution in [0.2, 0.25) is 0 Å². The molecular weight excluding hydrogens is 505 g/mol. The van der Waals surface area contributed by atoms with Crippen LogP contribution in [0.4, 0.5) is 0 Å². The molecule has 0 atom stereocenters. The van der Waals surface area contributed by atoms with E-state index in [2.05, 4.69) is 143 Å². The minimum absolute atomic E-state index is 0.563. The van der Waals surface area contributed by atoms with Gasteiger partial charge >= 0.3 is 0 Å². The average Bonchev–Trinajstić information content (AvgIpc) is 2.90. The fourth-order valence-corrected chi connectivity index (χ4v) is 4.90. The quantitative estimate of drug-likeness (QED) is 0.228. The van der Waals surface area contributed by atoms with Crippen LogP contribution in [0.5, 0.6) is 0 Å². The number of hydrogen-bond acceptors (Lipinski definition) is 2. The molecular formula is C29H24INO. The molecule has 1 N–H and O–H groups in total. The third kappa shape index (κ3) is 3.65. The molecule has 0 amide bonds. The molecule has 0 spiro atoms. The standard InChI is InChI=1S/C29H24INO/c30-22-27-21-28(23-13-5-1-6-14-23,24-15-7-2-8-16-24)31-29(32-27,25-17-9-3-10-18-25)26-19-11-4-12-20-26/h1-21,31H,22H2. The van der Waals surface area contributed by atoms with Gasteiger partial charge < -0.3 is 4.74 Å². The summed E-state index contributed by atoms with van der Waals surface area (Å²) in [6.07, 6.45) is 2.24. The highest BCUT2D eigenvalue weighted by Gasteiger charge is 2.49. The zero-order valence-corrected chi connectivity index (χ0v) is 19.8. The lowest BCUT2D eigenvalue weighted by Crippen LogP contribution is -2.59. The van der Waals surface area contributed by atoms with Gasteiger partial charge in [-0.2, -0.15) is 0 Å². The largest absolute Gasteiger partial charge is 0.468 e. The Labute approximate surface area is 203 Å². The van der Waals surface area contributed by atoms with Crippen molar-refractivity contribution in [2.24, 2.45) is 0 Å². The first-order valence-electron chi connectivity index (χ1n) is 10.7. The first kappa shape index (κ1) is 21.0. The van der Waals surface area contributed by atoms with Crippen LogP contribution >= 0.6 is 22.6 Å².